The van der Waals surface area contributed by atoms with E-state index in [2.05, 4.69) is 25.9 Å². The van der Waals surface area contributed by atoms with Crippen molar-refractivity contribution in [3.8, 4) is 11.4 Å². The molecule has 0 saturated carbocycles. The van der Waals surface area contributed by atoms with E-state index < -0.39 is 0 Å². The Labute approximate surface area is 132 Å². The Morgan fingerprint density at radius 3 is 2.83 bits per heavy atom. The van der Waals surface area contributed by atoms with Crippen LogP contribution in [0.15, 0.2) is 54.9 Å². The topological polar surface area (TPSA) is 94.8 Å². The predicted octanol–water partition coefficient (Wildman–Crippen LogP) is 0.983. The van der Waals surface area contributed by atoms with Crippen molar-refractivity contribution in [3.05, 3.63) is 60.4 Å². The number of amides is 1. The van der Waals surface area contributed by atoms with Crippen LogP contribution in [-0.4, -0.2) is 31.1 Å². The fraction of sp³-hybridized carbons (Fsp3) is 0.133. The van der Waals surface area contributed by atoms with Gasteiger partial charge in [0, 0.05) is 18.0 Å². The smallest absolute Gasteiger partial charge is 0.267 e. The van der Waals surface area contributed by atoms with Gasteiger partial charge in [0.05, 0.1) is 0 Å². The van der Waals surface area contributed by atoms with Crippen molar-refractivity contribution in [2.45, 2.75) is 13.2 Å². The van der Waals surface area contributed by atoms with E-state index in [0.29, 0.717) is 5.82 Å². The van der Waals surface area contributed by atoms with Gasteiger partial charge in [0.25, 0.3) is 5.91 Å². The van der Waals surface area contributed by atoms with Gasteiger partial charge in [-0.1, -0.05) is 36.4 Å². The number of hydroxylamine groups is 1. The molecule has 0 aliphatic rings. The quantitative estimate of drug-likeness (QED) is 0.682. The molecule has 116 valence electrons. The van der Waals surface area contributed by atoms with Crippen LogP contribution in [0.1, 0.15) is 5.56 Å². The number of carbonyl (C=O) groups excluding carboxylic acids is 1. The zero-order chi connectivity index (χ0) is 15.9. The highest BCUT2D eigenvalue weighted by molar-refractivity contribution is 5.74. The standard InChI is InChI=1S/C15H14N6O2/c22-14(19-23-11-12-5-4-8-16-9-12)10-21-18-15(17-20-21)13-6-2-1-3-7-13/h1-9H,10-11H2,(H,19,22). The van der Waals surface area contributed by atoms with E-state index in [1.807, 2.05) is 36.4 Å². The first-order chi connectivity index (χ1) is 11.3. The van der Waals surface area contributed by atoms with E-state index in [4.69, 9.17) is 4.84 Å². The second-order valence-electron chi connectivity index (χ2n) is 4.68. The number of hydrogen-bond acceptors (Lipinski definition) is 6. The van der Waals surface area contributed by atoms with Crippen LogP contribution >= 0.6 is 0 Å². The SMILES string of the molecule is O=C(Cn1nnc(-c2ccccc2)n1)NOCc1cccnc1. The lowest BCUT2D eigenvalue weighted by atomic mass is 10.2. The fourth-order valence-electron chi connectivity index (χ4n) is 1.86. The van der Waals surface area contributed by atoms with Crippen LogP contribution in [0.4, 0.5) is 0 Å². The predicted molar refractivity (Wildman–Crippen MR) is 80.4 cm³/mol. The van der Waals surface area contributed by atoms with E-state index in [-0.39, 0.29) is 19.1 Å². The van der Waals surface area contributed by atoms with Crippen molar-refractivity contribution in [3.63, 3.8) is 0 Å². The molecule has 0 aliphatic carbocycles. The number of hydrogen-bond donors (Lipinski definition) is 1. The molecule has 0 unspecified atom stereocenters. The van der Waals surface area contributed by atoms with Crippen LogP contribution in [-0.2, 0) is 22.8 Å². The minimum atomic E-state index is -0.370. The van der Waals surface area contributed by atoms with Crippen molar-refractivity contribution >= 4 is 5.91 Å². The van der Waals surface area contributed by atoms with Gasteiger partial charge < -0.3 is 0 Å². The Hall–Kier alpha value is -3.13. The van der Waals surface area contributed by atoms with Gasteiger partial charge in [0.2, 0.25) is 5.82 Å². The molecule has 0 saturated heterocycles. The van der Waals surface area contributed by atoms with Gasteiger partial charge in [-0.2, -0.15) is 4.80 Å². The maximum absolute atomic E-state index is 11.8. The molecule has 2 heterocycles. The molecule has 0 fully saturated rings. The number of aromatic nitrogens is 5. The molecule has 1 N–H and O–H groups in total. The summed E-state index contributed by atoms with van der Waals surface area (Å²) in [6.45, 7) is 0.159. The molecule has 8 heteroatoms. The van der Waals surface area contributed by atoms with E-state index in [9.17, 15) is 4.79 Å². The maximum atomic E-state index is 11.8. The maximum Gasteiger partial charge on any atom is 0.267 e. The van der Waals surface area contributed by atoms with Gasteiger partial charge in [-0.05, 0) is 16.8 Å². The van der Waals surface area contributed by atoms with Gasteiger partial charge >= 0.3 is 0 Å². The minimum absolute atomic E-state index is 0.0765. The first kappa shape index (κ1) is 14.8. The Kier molecular flexibility index (Phi) is 4.65. The summed E-state index contributed by atoms with van der Waals surface area (Å²) in [6.07, 6.45) is 3.33. The van der Waals surface area contributed by atoms with Gasteiger partial charge in [-0.25, -0.2) is 5.48 Å². The molecule has 23 heavy (non-hydrogen) atoms. The Morgan fingerprint density at radius 1 is 1.17 bits per heavy atom. The summed E-state index contributed by atoms with van der Waals surface area (Å²) < 4.78 is 0. The van der Waals surface area contributed by atoms with Crippen molar-refractivity contribution in [2.24, 2.45) is 0 Å². The molecular formula is C15H14N6O2. The minimum Gasteiger partial charge on any atom is -0.271 e. The van der Waals surface area contributed by atoms with Gasteiger partial charge in [-0.15, -0.1) is 10.2 Å². The highest BCUT2D eigenvalue weighted by Crippen LogP contribution is 2.11. The highest BCUT2D eigenvalue weighted by atomic mass is 16.6. The molecule has 1 aromatic carbocycles. The molecule has 0 spiro atoms. The van der Waals surface area contributed by atoms with Gasteiger partial charge in [0.15, 0.2) is 0 Å². The molecule has 2 aromatic heterocycles. The molecule has 0 atom stereocenters. The lowest BCUT2D eigenvalue weighted by Crippen LogP contribution is -2.28. The first-order valence-electron chi connectivity index (χ1n) is 6.94. The molecule has 3 aromatic rings. The van der Waals surface area contributed by atoms with Crippen LogP contribution in [0.3, 0.4) is 0 Å². The van der Waals surface area contributed by atoms with Crippen LogP contribution < -0.4 is 5.48 Å². The number of pyridine rings is 1. The number of rotatable bonds is 6. The number of tetrazole rings is 1. The third-order valence-electron chi connectivity index (χ3n) is 2.92. The highest BCUT2D eigenvalue weighted by Gasteiger charge is 2.09. The molecule has 0 radical (unpaired) electrons. The number of benzene rings is 1. The number of carbonyl (C=O) groups is 1. The Morgan fingerprint density at radius 2 is 2.04 bits per heavy atom. The Bertz CT molecular complexity index is 760. The lowest BCUT2D eigenvalue weighted by molar-refractivity contribution is -0.135. The summed E-state index contributed by atoms with van der Waals surface area (Å²) in [5, 5.41) is 11.9. The summed E-state index contributed by atoms with van der Waals surface area (Å²) in [6, 6.07) is 13.1. The molecule has 3 rings (SSSR count). The average molecular weight is 310 g/mol. The van der Waals surface area contributed by atoms with Gasteiger partial charge in [0.1, 0.15) is 13.2 Å². The van der Waals surface area contributed by atoms with Gasteiger partial charge in [-0.3, -0.25) is 14.6 Å². The fourth-order valence-corrected chi connectivity index (χ4v) is 1.86. The monoisotopic (exact) mass is 310 g/mol. The van der Waals surface area contributed by atoms with Crippen LogP contribution in [0, 0.1) is 0 Å². The summed E-state index contributed by atoms with van der Waals surface area (Å²) in [5.41, 5.74) is 4.03. The molecular weight excluding hydrogens is 296 g/mol. The third-order valence-corrected chi connectivity index (χ3v) is 2.92. The summed E-state index contributed by atoms with van der Waals surface area (Å²) in [5.74, 6) is 0.0978. The first-order valence-corrected chi connectivity index (χ1v) is 6.94. The Balaban J connectivity index is 1.49. The molecule has 8 nitrogen and oxygen atoms in total. The average Bonchev–Trinajstić information content (AvgIpc) is 3.05. The van der Waals surface area contributed by atoms with Crippen molar-refractivity contribution < 1.29 is 9.63 Å². The van der Waals surface area contributed by atoms with Crippen LogP contribution in [0.25, 0.3) is 11.4 Å². The summed E-state index contributed by atoms with van der Waals surface area (Å²) in [7, 11) is 0. The lowest BCUT2D eigenvalue weighted by Gasteiger charge is -2.04. The van der Waals surface area contributed by atoms with E-state index in [1.54, 1.807) is 18.5 Å². The van der Waals surface area contributed by atoms with Crippen molar-refractivity contribution in [1.29, 1.82) is 0 Å². The zero-order valence-corrected chi connectivity index (χ0v) is 12.2. The largest absolute Gasteiger partial charge is 0.271 e. The normalized spacial score (nSPS) is 10.4. The number of nitrogens with zero attached hydrogens (tertiary/aromatic N) is 5. The van der Waals surface area contributed by atoms with E-state index >= 15 is 0 Å². The second-order valence-corrected chi connectivity index (χ2v) is 4.68. The molecule has 0 bridgehead atoms. The van der Waals surface area contributed by atoms with E-state index in [0.717, 1.165) is 11.1 Å². The van der Waals surface area contributed by atoms with Crippen LogP contribution in [0.2, 0.25) is 0 Å². The summed E-state index contributed by atoms with van der Waals surface area (Å²) >= 11 is 0. The summed E-state index contributed by atoms with van der Waals surface area (Å²) in [4.78, 5) is 22.1. The molecule has 0 aliphatic heterocycles. The van der Waals surface area contributed by atoms with E-state index in [1.165, 1.54) is 4.80 Å². The second kappa shape index (κ2) is 7.23. The zero-order valence-electron chi connectivity index (χ0n) is 12.2. The number of nitrogens with one attached hydrogen (secondary N) is 1. The van der Waals surface area contributed by atoms with Crippen LogP contribution in [0.5, 0.6) is 0 Å². The van der Waals surface area contributed by atoms with Crippen molar-refractivity contribution in [1.82, 2.24) is 30.7 Å². The van der Waals surface area contributed by atoms with Crippen molar-refractivity contribution in [2.75, 3.05) is 0 Å². The molecule has 1 amide bonds. The third kappa shape index (κ3) is 4.17.